The Morgan fingerprint density at radius 2 is 2.19 bits per heavy atom. The predicted octanol–water partition coefficient (Wildman–Crippen LogP) is 1.43. The molecule has 3 heteroatoms. The first kappa shape index (κ1) is 10.6. The fourth-order valence-electron chi connectivity index (χ4n) is 3.48. The lowest BCUT2D eigenvalue weighted by Crippen LogP contribution is -2.42. The highest BCUT2D eigenvalue weighted by molar-refractivity contribution is 5.76. The van der Waals surface area contributed by atoms with Crippen LogP contribution in [0.4, 0.5) is 0 Å². The number of carbonyl (C=O) groups is 1. The Morgan fingerprint density at radius 1 is 1.31 bits per heavy atom. The normalized spacial score (nSPS) is 37.4. The molecule has 0 aromatic rings. The molecule has 3 aliphatic rings. The predicted molar refractivity (Wildman–Crippen MR) is 63.0 cm³/mol. The third-order valence-electron chi connectivity index (χ3n) is 4.73. The molecule has 1 saturated heterocycles. The molecule has 90 valence electrons. The molecule has 1 heterocycles. The minimum Gasteiger partial charge on any atom is -0.355 e. The number of fused-ring (bicyclic) bond motifs is 1. The van der Waals surface area contributed by atoms with E-state index in [9.17, 15) is 4.79 Å². The summed E-state index contributed by atoms with van der Waals surface area (Å²) in [5.41, 5.74) is 0.402. The van der Waals surface area contributed by atoms with Gasteiger partial charge in [0, 0.05) is 24.4 Å². The lowest BCUT2D eigenvalue weighted by atomic mass is 9.82. The van der Waals surface area contributed by atoms with E-state index in [2.05, 4.69) is 10.6 Å². The van der Waals surface area contributed by atoms with Crippen LogP contribution in [0.15, 0.2) is 0 Å². The van der Waals surface area contributed by atoms with Gasteiger partial charge in [0.15, 0.2) is 0 Å². The van der Waals surface area contributed by atoms with Gasteiger partial charge in [-0.3, -0.25) is 4.79 Å². The minimum atomic E-state index is 0.287. The third kappa shape index (κ3) is 1.97. The van der Waals surface area contributed by atoms with Gasteiger partial charge >= 0.3 is 0 Å². The first-order valence-corrected chi connectivity index (χ1v) is 6.79. The molecule has 2 saturated carbocycles. The second kappa shape index (κ2) is 4.02. The monoisotopic (exact) mass is 222 g/mol. The first-order valence-electron chi connectivity index (χ1n) is 6.79. The Bertz CT molecular complexity index is 276. The van der Waals surface area contributed by atoms with Gasteiger partial charge in [-0.1, -0.05) is 6.42 Å². The molecule has 2 N–H and O–H groups in total. The second-order valence-corrected chi connectivity index (χ2v) is 5.94. The van der Waals surface area contributed by atoms with Crippen molar-refractivity contribution in [1.82, 2.24) is 10.6 Å². The summed E-state index contributed by atoms with van der Waals surface area (Å²) < 4.78 is 0. The average Bonchev–Trinajstić information content (AvgIpc) is 2.84. The molecule has 0 spiro atoms. The number of hydrogen-bond acceptors (Lipinski definition) is 2. The zero-order chi connectivity index (χ0) is 11.0. The van der Waals surface area contributed by atoms with Crippen LogP contribution < -0.4 is 10.6 Å². The summed E-state index contributed by atoms with van der Waals surface area (Å²) >= 11 is 0. The quantitative estimate of drug-likeness (QED) is 0.755. The topological polar surface area (TPSA) is 41.1 Å². The summed E-state index contributed by atoms with van der Waals surface area (Å²) in [7, 11) is 0. The molecule has 3 fully saturated rings. The summed E-state index contributed by atoms with van der Waals surface area (Å²) in [5, 5.41) is 6.76. The van der Waals surface area contributed by atoms with Crippen LogP contribution in [-0.2, 0) is 4.79 Å². The number of nitrogens with one attached hydrogen (secondary N) is 2. The van der Waals surface area contributed by atoms with Crippen molar-refractivity contribution in [2.24, 2.45) is 11.3 Å². The van der Waals surface area contributed by atoms with Crippen LogP contribution in [0.1, 0.15) is 44.9 Å². The van der Waals surface area contributed by atoms with Gasteiger partial charge in [0.05, 0.1) is 0 Å². The molecule has 0 bridgehead atoms. The summed E-state index contributed by atoms with van der Waals surface area (Å²) in [5.74, 6) is 0.994. The number of rotatable bonds is 4. The molecular formula is C13H22N2O. The van der Waals surface area contributed by atoms with Crippen molar-refractivity contribution in [2.45, 2.75) is 51.0 Å². The van der Waals surface area contributed by atoms with Gasteiger partial charge in [-0.15, -0.1) is 0 Å². The molecule has 1 aliphatic heterocycles. The van der Waals surface area contributed by atoms with Crippen LogP contribution in [0, 0.1) is 11.3 Å². The number of amides is 1. The van der Waals surface area contributed by atoms with Crippen molar-refractivity contribution >= 4 is 5.91 Å². The van der Waals surface area contributed by atoms with Crippen LogP contribution in [0.5, 0.6) is 0 Å². The lowest BCUT2D eigenvalue weighted by Gasteiger charge is -2.28. The maximum absolute atomic E-state index is 11.7. The minimum absolute atomic E-state index is 0.287. The van der Waals surface area contributed by atoms with E-state index in [4.69, 9.17) is 0 Å². The molecule has 0 unspecified atom stereocenters. The molecule has 1 amide bonds. The zero-order valence-electron chi connectivity index (χ0n) is 9.93. The van der Waals surface area contributed by atoms with E-state index >= 15 is 0 Å². The van der Waals surface area contributed by atoms with Gasteiger partial charge in [0.1, 0.15) is 0 Å². The van der Waals surface area contributed by atoms with E-state index in [0.29, 0.717) is 17.4 Å². The van der Waals surface area contributed by atoms with Gasteiger partial charge in [-0.25, -0.2) is 0 Å². The van der Waals surface area contributed by atoms with E-state index in [0.717, 1.165) is 19.5 Å². The van der Waals surface area contributed by atoms with Gasteiger partial charge in [-0.05, 0) is 44.6 Å². The third-order valence-corrected chi connectivity index (χ3v) is 4.73. The first-order chi connectivity index (χ1) is 7.78. The van der Waals surface area contributed by atoms with Crippen LogP contribution >= 0.6 is 0 Å². The van der Waals surface area contributed by atoms with Crippen molar-refractivity contribution in [1.29, 1.82) is 0 Å². The van der Waals surface area contributed by atoms with Crippen molar-refractivity contribution in [3.05, 3.63) is 0 Å². The summed E-state index contributed by atoms with van der Waals surface area (Å²) in [6.45, 7) is 2.05. The van der Waals surface area contributed by atoms with Gasteiger partial charge in [-0.2, -0.15) is 0 Å². The fourth-order valence-corrected chi connectivity index (χ4v) is 3.48. The van der Waals surface area contributed by atoms with Gasteiger partial charge in [0.2, 0.25) is 5.91 Å². The summed E-state index contributed by atoms with van der Waals surface area (Å²) in [6.07, 6.45) is 8.49. The van der Waals surface area contributed by atoms with Crippen molar-refractivity contribution in [2.75, 3.05) is 13.1 Å². The fraction of sp³-hybridized carbons (Fsp3) is 0.923. The molecule has 2 atom stereocenters. The summed E-state index contributed by atoms with van der Waals surface area (Å²) in [6, 6.07) is 0.675. The largest absolute Gasteiger partial charge is 0.355 e. The molecular weight excluding hydrogens is 200 g/mol. The maximum Gasteiger partial charge on any atom is 0.220 e. The van der Waals surface area contributed by atoms with Crippen molar-refractivity contribution < 1.29 is 4.79 Å². The smallest absolute Gasteiger partial charge is 0.220 e. The van der Waals surface area contributed by atoms with E-state index in [-0.39, 0.29) is 5.91 Å². The van der Waals surface area contributed by atoms with E-state index < -0.39 is 0 Å². The summed E-state index contributed by atoms with van der Waals surface area (Å²) in [4.78, 5) is 11.7. The highest BCUT2D eigenvalue weighted by Gasteiger charge is 2.46. The van der Waals surface area contributed by atoms with Crippen LogP contribution in [0.25, 0.3) is 0 Å². The Hall–Kier alpha value is -0.570. The molecule has 0 radical (unpaired) electrons. The van der Waals surface area contributed by atoms with E-state index in [1.54, 1.807) is 0 Å². The molecule has 0 aromatic carbocycles. The number of carbonyl (C=O) groups excluding carboxylic acids is 1. The zero-order valence-corrected chi connectivity index (χ0v) is 9.93. The van der Waals surface area contributed by atoms with Crippen LogP contribution in [-0.4, -0.2) is 25.0 Å². The standard InChI is InChI=1S/C13H22N2O/c16-12(8-10-3-4-10)15-9-13-5-1-2-11(13)14-7-6-13/h10-11,14H,1-9H2,(H,15,16)/t11-,13-/m1/s1. The highest BCUT2D eigenvalue weighted by atomic mass is 16.1. The maximum atomic E-state index is 11.7. The Labute approximate surface area is 97.4 Å². The van der Waals surface area contributed by atoms with E-state index in [1.165, 1.54) is 38.5 Å². The second-order valence-electron chi connectivity index (χ2n) is 5.94. The highest BCUT2D eigenvalue weighted by Crippen LogP contribution is 2.44. The average molecular weight is 222 g/mol. The Kier molecular flexibility index (Phi) is 2.66. The Balaban J connectivity index is 1.51. The van der Waals surface area contributed by atoms with Crippen molar-refractivity contribution in [3.63, 3.8) is 0 Å². The SMILES string of the molecule is O=C(CC1CC1)NC[C@]12CCC[C@H]1NCC2. The molecule has 2 aliphatic carbocycles. The molecule has 3 rings (SSSR count). The number of hydrogen-bond donors (Lipinski definition) is 2. The van der Waals surface area contributed by atoms with Crippen LogP contribution in [0.3, 0.4) is 0 Å². The van der Waals surface area contributed by atoms with Crippen LogP contribution in [0.2, 0.25) is 0 Å². The van der Waals surface area contributed by atoms with Gasteiger partial charge < -0.3 is 10.6 Å². The lowest BCUT2D eigenvalue weighted by molar-refractivity contribution is -0.121. The Morgan fingerprint density at radius 3 is 3.00 bits per heavy atom. The molecule has 16 heavy (non-hydrogen) atoms. The molecule has 3 nitrogen and oxygen atoms in total. The van der Waals surface area contributed by atoms with E-state index in [1.807, 2.05) is 0 Å². The van der Waals surface area contributed by atoms with Crippen molar-refractivity contribution in [3.8, 4) is 0 Å². The molecule has 0 aromatic heterocycles. The van der Waals surface area contributed by atoms with Gasteiger partial charge in [0.25, 0.3) is 0 Å².